The number of anilines is 1. The summed E-state index contributed by atoms with van der Waals surface area (Å²) in [7, 11) is 0. The van der Waals surface area contributed by atoms with E-state index >= 15 is 0 Å². The van der Waals surface area contributed by atoms with E-state index < -0.39 is 0 Å². The van der Waals surface area contributed by atoms with Crippen molar-refractivity contribution in [1.29, 1.82) is 0 Å². The third kappa shape index (κ3) is 4.05. The first-order valence-electron chi connectivity index (χ1n) is 10.1. The Bertz CT molecular complexity index is 1050. The van der Waals surface area contributed by atoms with Gasteiger partial charge >= 0.3 is 5.69 Å². The number of aromatic nitrogens is 5. The van der Waals surface area contributed by atoms with E-state index in [1.54, 1.807) is 0 Å². The fourth-order valence-corrected chi connectivity index (χ4v) is 3.89. The summed E-state index contributed by atoms with van der Waals surface area (Å²) in [6.07, 6.45) is 6.85. The smallest absolute Gasteiger partial charge is 0.331 e. The van der Waals surface area contributed by atoms with Gasteiger partial charge < -0.3 is 5.32 Å². The van der Waals surface area contributed by atoms with Crippen molar-refractivity contribution in [1.82, 2.24) is 24.1 Å². The zero-order chi connectivity index (χ0) is 19.5. The van der Waals surface area contributed by atoms with Crippen LogP contribution in [0, 0.1) is 5.92 Å². The van der Waals surface area contributed by atoms with Crippen LogP contribution in [0.5, 0.6) is 0 Å². The first kappa shape index (κ1) is 22.6. The summed E-state index contributed by atoms with van der Waals surface area (Å²) >= 11 is 0. The van der Waals surface area contributed by atoms with Crippen LogP contribution < -0.4 is 11.0 Å². The molecule has 162 valence electrons. The number of nitrogens with one attached hydrogen (secondary N) is 1. The molecule has 9 heteroatoms. The SMILES string of the molecule is CC(C)(C)c1nc2c3n(c(=O)n(CC4CC4)c-2n1)CC(Cc1ccncc1)N3.Cl.Cl. The fourth-order valence-electron chi connectivity index (χ4n) is 3.89. The maximum atomic E-state index is 13.3. The van der Waals surface area contributed by atoms with Crippen LogP contribution in [0.15, 0.2) is 29.3 Å². The summed E-state index contributed by atoms with van der Waals surface area (Å²) < 4.78 is 3.72. The number of rotatable bonds is 4. The van der Waals surface area contributed by atoms with E-state index in [0.717, 1.165) is 36.1 Å². The Morgan fingerprint density at radius 1 is 1.13 bits per heavy atom. The van der Waals surface area contributed by atoms with Gasteiger partial charge in [0, 0.05) is 36.9 Å². The Labute approximate surface area is 188 Å². The van der Waals surface area contributed by atoms with E-state index in [9.17, 15) is 4.79 Å². The van der Waals surface area contributed by atoms with Crippen molar-refractivity contribution in [3.63, 3.8) is 0 Å². The summed E-state index contributed by atoms with van der Waals surface area (Å²) in [5.41, 5.74) is 1.90. The Morgan fingerprint density at radius 2 is 1.83 bits per heavy atom. The molecule has 1 N–H and O–H groups in total. The average Bonchev–Trinajstić information content (AvgIpc) is 3.18. The quantitative estimate of drug-likeness (QED) is 0.657. The normalized spacial score (nSPS) is 17.8. The molecular weight excluding hydrogens is 423 g/mol. The number of halogens is 2. The fraction of sp³-hybridized carbons (Fsp3) is 0.524. The number of hydrogen-bond acceptors (Lipinski definition) is 5. The second kappa shape index (κ2) is 8.19. The van der Waals surface area contributed by atoms with Crippen LogP contribution >= 0.6 is 24.8 Å². The monoisotopic (exact) mass is 450 g/mol. The summed E-state index contributed by atoms with van der Waals surface area (Å²) in [4.78, 5) is 27.1. The highest BCUT2D eigenvalue weighted by atomic mass is 35.5. The molecule has 1 aliphatic carbocycles. The van der Waals surface area contributed by atoms with Crippen LogP contribution in [0.3, 0.4) is 0 Å². The molecule has 0 radical (unpaired) electrons. The minimum Gasteiger partial charge on any atom is -0.365 e. The molecule has 4 heterocycles. The van der Waals surface area contributed by atoms with Gasteiger partial charge in [-0.1, -0.05) is 20.8 Å². The first-order chi connectivity index (χ1) is 13.4. The van der Waals surface area contributed by atoms with Crippen molar-refractivity contribution in [2.45, 2.75) is 64.6 Å². The minimum absolute atomic E-state index is 0. The minimum atomic E-state index is -0.161. The molecule has 1 unspecified atom stereocenters. The number of hydrogen-bond donors (Lipinski definition) is 1. The van der Waals surface area contributed by atoms with Gasteiger partial charge in [-0.2, -0.15) is 0 Å². The molecule has 7 nitrogen and oxygen atoms in total. The van der Waals surface area contributed by atoms with Gasteiger partial charge in [-0.3, -0.25) is 14.1 Å². The van der Waals surface area contributed by atoms with Gasteiger partial charge in [-0.15, -0.1) is 24.8 Å². The maximum Gasteiger partial charge on any atom is 0.331 e. The van der Waals surface area contributed by atoms with E-state index in [0.29, 0.717) is 12.5 Å². The van der Waals surface area contributed by atoms with E-state index in [-0.39, 0.29) is 42.0 Å². The molecule has 1 atom stereocenters. The van der Waals surface area contributed by atoms with Crippen molar-refractivity contribution in [3.05, 3.63) is 46.4 Å². The Morgan fingerprint density at radius 3 is 2.47 bits per heavy atom. The number of fused-ring (bicyclic) bond motifs is 3. The van der Waals surface area contributed by atoms with Crippen molar-refractivity contribution < 1.29 is 0 Å². The third-order valence-corrected chi connectivity index (χ3v) is 5.64. The lowest BCUT2D eigenvalue weighted by Crippen LogP contribution is -2.33. The lowest BCUT2D eigenvalue weighted by Gasteiger charge is -2.14. The van der Waals surface area contributed by atoms with E-state index in [1.165, 1.54) is 18.4 Å². The molecule has 1 saturated carbocycles. The number of imidazole rings is 1. The molecule has 5 rings (SSSR count). The summed E-state index contributed by atoms with van der Waals surface area (Å²) in [6, 6.07) is 4.21. The van der Waals surface area contributed by atoms with Gasteiger partial charge in [0.15, 0.2) is 5.82 Å². The molecule has 3 aliphatic heterocycles. The Hall–Kier alpha value is -2.12. The summed E-state index contributed by atoms with van der Waals surface area (Å²) in [6.45, 7) is 7.72. The van der Waals surface area contributed by atoms with Gasteiger partial charge in [0.2, 0.25) is 0 Å². The van der Waals surface area contributed by atoms with E-state index in [2.05, 4.69) is 31.1 Å². The zero-order valence-electron chi connectivity index (χ0n) is 17.5. The highest BCUT2D eigenvalue weighted by molar-refractivity contribution is 5.85. The third-order valence-electron chi connectivity index (χ3n) is 5.64. The number of pyridine rings is 1. The maximum absolute atomic E-state index is 13.3. The lowest BCUT2D eigenvalue weighted by atomic mass is 9.96. The molecule has 0 aromatic carbocycles. The van der Waals surface area contributed by atoms with Crippen LogP contribution in [-0.2, 0) is 24.9 Å². The van der Waals surface area contributed by atoms with Gasteiger partial charge in [-0.25, -0.2) is 14.8 Å². The van der Waals surface area contributed by atoms with Crippen molar-refractivity contribution >= 4 is 30.6 Å². The van der Waals surface area contributed by atoms with Crippen LogP contribution in [0.25, 0.3) is 11.5 Å². The number of nitrogens with zero attached hydrogens (tertiary/aromatic N) is 5. The molecular formula is C21H28Cl2N6O. The standard InChI is InChI=1S/C21H26N6O.2ClH/c1-21(2,3)19-24-16-17-23-15(10-13-6-8-22-9-7-13)12-27(17)20(28)26(18(16)25-19)11-14-4-5-14;;/h6-9,14-15,23H,4-5,10-12H2,1-3H3;2*1H. The van der Waals surface area contributed by atoms with Gasteiger partial charge in [0.05, 0.1) is 0 Å². The highest BCUT2D eigenvalue weighted by Crippen LogP contribution is 2.36. The van der Waals surface area contributed by atoms with Crippen LogP contribution in [0.2, 0.25) is 0 Å². The largest absolute Gasteiger partial charge is 0.365 e. The average molecular weight is 451 g/mol. The molecule has 0 amide bonds. The lowest BCUT2D eigenvalue weighted by molar-refractivity contribution is 0.535. The topological polar surface area (TPSA) is 77.6 Å². The molecule has 1 aromatic heterocycles. The molecule has 0 saturated heterocycles. The van der Waals surface area contributed by atoms with Crippen molar-refractivity contribution in [3.8, 4) is 11.5 Å². The van der Waals surface area contributed by atoms with E-state index in [1.807, 2.05) is 33.7 Å². The summed E-state index contributed by atoms with van der Waals surface area (Å²) in [5.74, 6) is 2.93. The van der Waals surface area contributed by atoms with Crippen LogP contribution in [0.1, 0.15) is 45.0 Å². The van der Waals surface area contributed by atoms with Crippen molar-refractivity contribution in [2.24, 2.45) is 5.92 Å². The molecule has 0 bridgehead atoms. The Balaban J connectivity index is 0.00000128. The molecule has 4 aliphatic rings. The molecule has 30 heavy (non-hydrogen) atoms. The second-order valence-corrected chi connectivity index (χ2v) is 9.17. The second-order valence-electron chi connectivity index (χ2n) is 9.17. The Kier molecular flexibility index (Phi) is 6.16. The first-order valence-corrected chi connectivity index (χ1v) is 10.1. The molecule has 0 spiro atoms. The predicted molar refractivity (Wildman–Crippen MR) is 122 cm³/mol. The predicted octanol–water partition coefficient (Wildman–Crippen LogP) is 3.53. The molecule has 1 aromatic rings. The van der Waals surface area contributed by atoms with Gasteiger partial charge in [0.1, 0.15) is 17.3 Å². The van der Waals surface area contributed by atoms with E-state index in [4.69, 9.17) is 9.97 Å². The van der Waals surface area contributed by atoms with Crippen molar-refractivity contribution in [2.75, 3.05) is 5.32 Å². The highest BCUT2D eigenvalue weighted by Gasteiger charge is 2.35. The molecule has 1 fully saturated rings. The van der Waals surface area contributed by atoms with Gasteiger partial charge in [0.25, 0.3) is 0 Å². The van der Waals surface area contributed by atoms with Crippen LogP contribution in [0.4, 0.5) is 5.82 Å². The van der Waals surface area contributed by atoms with Crippen LogP contribution in [-0.4, -0.2) is 30.1 Å². The van der Waals surface area contributed by atoms with Gasteiger partial charge in [-0.05, 0) is 42.9 Å². The zero-order valence-corrected chi connectivity index (χ0v) is 19.1. The summed E-state index contributed by atoms with van der Waals surface area (Å²) in [5, 5.41) is 3.55.